The van der Waals surface area contributed by atoms with Gasteiger partial charge in [-0.2, -0.15) is 0 Å². The summed E-state index contributed by atoms with van der Waals surface area (Å²) in [7, 11) is 1.37. The van der Waals surface area contributed by atoms with Crippen LogP contribution in [0.25, 0.3) is 0 Å². The predicted molar refractivity (Wildman–Crippen MR) is 68.6 cm³/mol. The minimum Gasteiger partial charge on any atom is -0.465 e. The number of carbonyl (C=O) groups excluding carboxylic acids is 1. The predicted octanol–water partition coefficient (Wildman–Crippen LogP) is 1.80. The molecule has 0 radical (unpaired) electrons. The Morgan fingerprint density at radius 2 is 1.89 bits per heavy atom. The largest absolute Gasteiger partial charge is 0.465 e. The van der Waals surface area contributed by atoms with E-state index in [1.54, 1.807) is 12.1 Å². The molecule has 0 bridgehead atoms. The van der Waals surface area contributed by atoms with Gasteiger partial charge in [-0.1, -0.05) is 12.1 Å². The highest BCUT2D eigenvalue weighted by molar-refractivity contribution is 5.89. The molecule has 4 heteroatoms. The fraction of sp³-hybridized carbons (Fsp3) is 0.500. The van der Waals surface area contributed by atoms with Crippen LogP contribution < -0.4 is 0 Å². The summed E-state index contributed by atoms with van der Waals surface area (Å²) < 4.78 is 10.1. The highest BCUT2D eigenvalue weighted by atomic mass is 16.5. The first-order valence-corrected chi connectivity index (χ1v) is 6.13. The van der Waals surface area contributed by atoms with E-state index >= 15 is 0 Å². The molecular weight excluding hydrogens is 232 g/mol. The van der Waals surface area contributed by atoms with Crippen molar-refractivity contribution in [1.82, 2.24) is 0 Å². The van der Waals surface area contributed by atoms with Crippen molar-refractivity contribution in [2.75, 3.05) is 26.9 Å². The summed E-state index contributed by atoms with van der Waals surface area (Å²) in [5, 5.41) is 8.60. The average Bonchev–Trinajstić information content (AvgIpc) is 2.42. The third-order valence-electron chi connectivity index (χ3n) is 2.61. The first-order chi connectivity index (χ1) is 8.77. The molecule has 0 aliphatic rings. The molecule has 0 saturated carbocycles. The van der Waals surface area contributed by atoms with Crippen molar-refractivity contribution in [3.05, 3.63) is 35.4 Å². The Balaban J connectivity index is 2.25. The van der Waals surface area contributed by atoms with Gasteiger partial charge in [0.05, 0.1) is 19.3 Å². The molecule has 0 atom stereocenters. The van der Waals surface area contributed by atoms with Crippen LogP contribution in [0.15, 0.2) is 24.3 Å². The fourth-order valence-corrected chi connectivity index (χ4v) is 1.53. The van der Waals surface area contributed by atoms with Gasteiger partial charge >= 0.3 is 5.97 Å². The van der Waals surface area contributed by atoms with Crippen LogP contribution in [0, 0.1) is 0 Å². The van der Waals surface area contributed by atoms with E-state index in [9.17, 15) is 4.79 Å². The maximum atomic E-state index is 11.2. The normalized spacial score (nSPS) is 10.3. The minimum atomic E-state index is -0.318. The quantitative estimate of drug-likeness (QED) is 0.566. The molecule has 0 unspecified atom stereocenters. The lowest BCUT2D eigenvalue weighted by atomic mass is 10.1. The molecule has 0 saturated heterocycles. The molecule has 0 heterocycles. The lowest BCUT2D eigenvalue weighted by Gasteiger charge is -2.05. The Hall–Kier alpha value is -1.39. The summed E-state index contributed by atoms with van der Waals surface area (Å²) in [6.07, 6.45) is 2.49. The smallest absolute Gasteiger partial charge is 0.337 e. The van der Waals surface area contributed by atoms with E-state index in [1.807, 2.05) is 12.1 Å². The van der Waals surface area contributed by atoms with Crippen LogP contribution in [0.1, 0.15) is 28.8 Å². The number of carbonyl (C=O) groups is 1. The first kappa shape index (κ1) is 14.7. The third kappa shape index (κ3) is 5.29. The Kier molecular flexibility index (Phi) is 7.06. The molecular formula is C14H20O4. The van der Waals surface area contributed by atoms with Crippen molar-refractivity contribution in [2.45, 2.75) is 19.3 Å². The summed E-state index contributed by atoms with van der Waals surface area (Å²) in [5.41, 5.74) is 1.69. The maximum absolute atomic E-state index is 11.2. The monoisotopic (exact) mass is 252 g/mol. The van der Waals surface area contributed by atoms with Crippen molar-refractivity contribution in [2.24, 2.45) is 0 Å². The maximum Gasteiger partial charge on any atom is 0.337 e. The van der Waals surface area contributed by atoms with Gasteiger partial charge in [0.1, 0.15) is 0 Å². The zero-order valence-corrected chi connectivity index (χ0v) is 10.7. The molecule has 0 fully saturated rings. The molecule has 0 aromatic heterocycles. The third-order valence-corrected chi connectivity index (χ3v) is 2.61. The number of ether oxygens (including phenoxy) is 2. The molecule has 0 amide bonds. The standard InChI is InChI=1S/C14H20O4/c1-17-14(16)13-6-4-12(5-7-13)8-11-18-10-3-2-9-15/h4-7,15H,2-3,8-11H2,1H3. The van der Waals surface area contributed by atoms with Crippen molar-refractivity contribution in [3.63, 3.8) is 0 Å². The van der Waals surface area contributed by atoms with E-state index < -0.39 is 0 Å². The van der Waals surface area contributed by atoms with Gasteiger partial charge in [-0.05, 0) is 37.0 Å². The van der Waals surface area contributed by atoms with E-state index in [4.69, 9.17) is 9.84 Å². The van der Waals surface area contributed by atoms with Gasteiger partial charge in [-0.3, -0.25) is 0 Å². The molecule has 18 heavy (non-hydrogen) atoms. The minimum absolute atomic E-state index is 0.221. The second-order valence-electron chi connectivity index (χ2n) is 3.98. The van der Waals surface area contributed by atoms with Crippen molar-refractivity contribution in [3.8, 4) is 0 Å². The molecule has 0 spiro atoms. The molecule has 1 aromatic carbocycles. The SMILES string of the molecule is COC(=O)c1ccc(CCOCCCCO)cc1. The molecule has 1 N–H and O–H groups in total. The van der Waals surface area contributed by atoms with Crippen LogP contribution in [0.4, 0.5) is 0 Å². The van der Waals surface area contributed by atoms with E-state index in [2.05, 4.69) is 4.74 Å². The average molecular weight is 252 g/mol. The number of aliphatic hydroxyl groups excluding tert-OH is 1. The van der Waals surface area contributed by atoms with Crippen LogP contribution in [0.2, 0.25) is 0 Å². The number of aliphatic hydroxyl groups is 1. The summed E-state index contributed by atoms with van der Waals surface area (Å²) in [6, 6.07) is 7.33. The number of hydrogen-bond donors (Lipinski definition) is 1. The number of hydrogen-bond acceptors (Lipinski definition) is 4. The van der Waals surface area contributed by atoms with E-state index in [0.717, 1.165) is 24.8 Å². The fourth-order valence-electron chi connectivity index (χ4n) is 1.53. The van der Waals surface area contributed by atoms with Crippen molar-refractivity contribution >= 4 is 5.97 Å². The number of rotatable bonds is 8. The zero-order valence-electron chi connectivity index (χ0n) is 10.7. The van der Waals surface area contributed by atoms with Crippen LogP contribution in [0.3, 0.4) is 0 Å². The van der Waals surface area contributed by atoms with Crippen LogP contribution in [-0.4, -0.2) is 38.0 Å². The van der Waals surface area contributed by atoms with Gasteiger partial charge in [0, 0.05) is 13.2 Å². The van der Waals surface area contributed by atoms with Gasteiger partial charge in [0.15, 0.2) is 0 Å². The van der Waals surface area contributed by atoms with Crippen LogP contribution in [-0.2, 0) is 15.9 Å². The first-order valence-electron chi connectivity index (χ1n) is 6.13. The van der Waals surface area contributed by atoms with Gasteiger partial charge in [-0.25, -0.2) is 4.79 Å². The molecule has 1 aromatic rings. The van der Waals surface area contributed by atoms with Gasteiger partial charge in [0.25, 0.3) is 0 Å². The number of esters is 1. The van der Waals surface area contributed by atoms with Crippen molar-refractivity contribution < 1.29 is 19.4 Å². The van der Waals surface area contributed by atoms with Gasteiger partial charge < -0.3 is 14.6 Å². The second-order valence-corrected chi connectivity index (χ2v) is 3.98. The molecule has 0 aliphatic heterocycles. The Morgan fingerprint density at radius 3 is 2.50 bits per heavy atom. The molecule has 0 aliphatic carbocycles. The molecule has 4 nitrogen and oxygen atoms in total. The topological polar surface area (TPSA) is 55.8 Å². The lowest BCUT2D eigenvalue weighted by molar-refractivity contribution is 0.0600. The molecule has 100 valence electrons. The van der Waals surface area contributed by atoms with Gasteiger partial charge in [0.2, 0.25) is 0 Å². The lowest BCUT2D eigenvalue weighted by Crippen LogP contribution is -2.03. The Labute approximate surface area is 108 Å². The Bertz CT molecular complexity index is 345. The highest BCUT2D eigenvalue weighted by Gasteiger charge is 2.03. The number of benzene rings is 1. The summed E-state index contributed by atoms with van der Waals surface area (Å²) in [4.78, 5) is 11.2. The summed E-state index contributed by atoms with van der Waals surface area (Å²) in [5.74, 6) is -0.318. The summed E-state index contributed by atoms with van der Waals surface area (Å²) >= 11 is 0. The van der Waals surface area contributed by atoms with E-state index in [-0.39, 0.29) is 12.6 Å². The second kappa shape index (κ2) is 8.66. The molecule has 1 rings (SSSR count). The van der Waals surface area contributed by atoms with Crippen LogP contribution >= 0.6 is 0 Å². The van der Waals surface area contributed by atoms with Gasteiger partial charge in [-0.15, -0.1) is 0 Å². The number of unbranched alkanes of at least 4 members (excludes halogenated alkanes) is 1. The summed E-state index contributed by atoms with van der Waals surface area (Å²) in [6.45, 7) is 1.56. The van der Waals surface area contributed by atoms with E-state index in [0.29, 0.717) is 18.8 Å². The zero-order chi connectivity index (χ0) is 13.2. The Morgan fingerprint density at radius 1 is 1.17 bits per heavy atom. The van der Waals surface area contributed by atoms with Crippen LogP contribution in [0.5, 0.6) is 0 Å². The van der Waals surface area contributed by atoms with E-state index in [1.165, 1.54) is 7.11 Å². The van der Waals surface area contributed by atoms with Crippen molar-refractivity contribution in [1.29, 1.82) is 0 Å². The highest BCUT2D eigenvalue weighted by Crippen LogP contribution is 2.06. The number of methoxy groups -OCH3 is 1.